The lowest BCUT2D eigenvalue weighted by molar-refractivity contribution is 0.897. The summed E-state index contributed by atoms with van der Waals surface area (Å²) in [5.41, 5.74) is 11.3. The summed E-state index contributed by atoms with van der Waals surface area (Å²) in [6.45, 7) is 3.98. The first-order valence-corrected chi connectivity index (χ1v) is 7.15. The molecule has 3 aromatic rings. The highest BCUT2D eigenvalue weighted by molar-refractivity contribution is 5.90. The van der Waals surface area contributed by atoms with E-state index in [9.17, 15) is 0 Å². The molecular formula is C18H18N4. The Labute approximate surface area is 129 Å². The van der Waals surface area contributed by atoms with Crippen LogP contribution >= 0.6 is 0 Å². The standard InChI is InChI=1S/C18H18N4/c1-13-7-9-15(10-8-13)17-6-4-3-5-16(17)11-20-22-12-14(2)21-18(22)19/h3-12H,1-2H3,(H2,19,21). The van der Waals surface area contributed by atoms with Crippen molar-refractivity contribution in [1.82, 2.24) is 9.66 Å². The van der Waals surface area contributed by atoms with Crippen LogP contribution in [-0.4, -0.2) is 15.9 Å². The number of hydrogen-bond acceptors (Lipinski definition) is 3. The third-order valence-electron chi connectivity index (χ3n) is 3.48. The van der Waals surface area contributed by atoms with Gasteiger partial charge in [-0.1, -0.05) is 54.1 Å². The molecule has 0 atom stereocenters. The first-order valence-electron chi connectivity index (χ1n) is 7.15. The minimum absolute atomic E-state index is 0.390. The number of nitrogens with zero attached hydrogens (tertiary/aromatic N) is 3. The first-order chi connectivity index (χ1) is 10.6. The molecule has 110 valence electrons. The molecule has 2 aromatic carbocycles. The minimum atomic E-state index is 0.390. The van der Waals surface area contributed by atoms with Gasteiger partial charge in [-0.25, -0.2) is 9.66 Å². The van der Waals surface area contributed by atoms with Gasteiger partial charge in [-0.05, 0) is 25.0 Å². The molecular weight excluding hydrogens is 272 g/mol. The largest absolute Gasteiger partial charge is 0.368 e. The molecule has 0 fully saturated rings. The van der Waals surface area contributed by atoms with Crippen molar-refractivity contribution >= 4 is 12.2 Å². The number of anilines is 1. The fourth-order valence-corrected chi connectivity index (χ4v) is 2.33. The topological polar surface area (TPSA) is 56.2 Å². The van der Waals surface area contributed by atoms with Crippen molar-refractivity contribution in [3.8, 4) is 11.1 Å². The molecule has 0 saturated heterocycles. The zero-order chi connectivity index (χ0) is 15.5. The molecule has 0 aliphatic rings. The van der Waals surface area contributed by atoms with Crippen molar-refractivity contribution in [3.05, 3.63) is 71.5 Å². The molecule has 1 heterocycles. The third kappa shape index (κ3) is 2.91. The number of aromatic nitrogens is 2. The molecule has 0 saturated carbocycles. The zero-order valence-corrected chi connectivity index (χ0v) is 12.7. The highest BCUT2D eigenvalue weighted by Gasteiger charge is 2.03. The van der Waals surface area contributed by atoms with Crippen LogP contribution in [0.1, 0.15) is 16.8 Å². The summed E-state index contributed by atoms with van der Waals surface area (Å²) >= 11 is 0. The lowest BCUT2D eigenvalue weighted by Crippen LogP contribution is -1.97. The Kier molecular flexibility index (Phi) is 3.74. The number of nitrogens with two attached hydrogens (primary N) is 1. The van der Waals surface area contributed by atoms with Crippen LogP contribution in [0, 0.1) is 13.8 Å². The zero-order valence-electron chi connectivity index (χ0n) is 12.7. The highest BCUT2D eigenvalue weighted by atomic mass is 15.4. The molecule has 3 rings (SSSR count). The van der Waals surface area contributed by atoms with Crippen molar-refractivity contribution in [2.45, 2.75) is 13.8 Å². The number of aryl methyl sites for hydroxylation is 2. The molecule has 0 spiro atoms. The van der Waals surface area contributed by atoms with E-state index in [4.69, 9.17) is 5.73 Å². The summed E-state index contributed by atoms with van der Waals surface area (Å²) < 4.78 is 1.58. The molecule has 0 bridgehead atoms. The van der Waals surface area contributed by atoms with Gasteiger partial charge in [0.25, 0.3) is 0 Å². The lowest BCUT2D eigenvalue weighted by atomic mass is 9.99. The predicted octanol–water partition coefficient (Wildman–Crippen LogP) is 3.63. The molecule has 4 nitrogen and oxygen atoms in total. The average molecular weight is 290 g/mol. The maximum atomic E-state index is 5.81. The van der Waals surface area contributed by atoms with E-state index in [1.807, 2.05) is 31.3 Å². The van der Waals surface area contributed by atoms with Crippen LogP contribution in [0.3, 0.4) is 0 Å². The quantitative estimate of drug-likeness (QED) is 0.749. The molecule has 0 amide bonds. The molecule has 0 aliphatic heterocycles. The van der Waals surface area contributed by atoms with Crippen molar-refractivity contribution in [2.24, 2.45) is 5.10 Å². The second kappa shape index (κ2) is 5.85. The molecule has 0 aliphatic carbocycles. The first kappa shape index (κ1) is 14.1. The van der Waals surface area contributed by atoms with Crippen LogP contribution in [0.4, 0.5) is 5.95 Å². The smallest absolute Gasteiger partial charge is 0.221 e. The van der Waals surface area contributed by atoms with E-state index in [-0.39, 0.29) is 0 Å². The number of rotatable bonds is 3. The average Bonchev–Trinajstić information content (AvgIpc) is 2.84. The monoisotopic (exact) mass is 290 g/mol. The number of benzene rings is 2. The van der Waals surface area contributed by atoms with Gasteiger partial charge in [0.05, 0.1) is 18.1 Å². The van der Waals surface area contributed by atoms with Gasteiger partial charge in [0.1, 0.15) is 0 Å². The van der Waals surface area contributed by atoms with Gasteiger partial charge in [0, 0.05) is 5.56 Å². The van der Waals surface area contributed by atoms with Gasteiger partial charge in [-0.2, -0.15) is 5.10 Å². The molecule has 22 heavy (non-hydrogen) atoms. The minimum Gasteiger partial charge on any atom is -0.368 e. The fourth-order valence-electron chi connectivity index (χ4n) is 2.33. The van der Waals surface area contributed by atoms with Gasteiger partial charge in [-0.15, -0.1) is 0 Å². The number of hydrogen-bond donors (Lipinski definition) is 1. The predicted molar refractivity (Wildman–Crippen MR) is 91.0 cm³/mol. The van der Waals surface area contributed by atoms with Crippen molar-refractivity contribution in [3.63, 3.8) is 0 Å². The summed E-state index contributed by atoms with van der Waals surface area (Å²) in [6.07, 6.45) is 3.62. The summed E-state index contributed by atoms with van der Waals surface area (Å²) in [6, 6.07) is 16.6. The van der Waals surface area contributed by atoms with Crippen molar-refractivity contribution < 1.29 is 0 Å². The Morgan fingerprint density at radius 2 is 1.77 bits per heavy atom. The van der Waals surface area contributed by atoms with Gasteiger partial charge >= 0.3 is 0 Å². The van der Waals surface area contributed by atoms with E-state index < -0.39 is 0 Å². The maximum absolute atomic E-state index is 5.81. The Bertz CT molecular complexity index is 813. The molecule has 2 N–H and O–H groups in total. The Morgan fingerprint density at radius 3 is 2.45 bits per heavy atom. The molecule has 1 aromatic heterocycles. The van der Waals surface area contributed by atoms with Crippen LogP contribution in [0.15, 0.2) is 59.8 Å². The molecule has 0 unspecified atom stereocenters. The number of nitrogen functional groups attached to an aromatic ring is 1. The normalized spacial score (nSPS) is 11.2. The summed E-state index contributed by atoms with van der Waals surface area (Å²) in [4.78, 5) is 4.14. The Balaban J connectivity index is 1.98. The van der Waals surface area contributed by atoms with Gasteiger partial charge < -0.3 is 5.73 Å². The number of imidazole rings is 1. The lowest BCUT2D eigenvalue weighted by Gasteiger charge is -2.06. The SMILES string of the molecule is Cc1ccc(-c2ccccc2C=Nn2cc(C)nc2N)cc1. The van der Waals surface area contributed by atoms with Crippen LogP contribution in [0.25, 0.3) is 11.1 Å². The van der Waals surface area contributed by atoms with Gasteiger partial charge in [-0.3, -0.25) is 0 Å². The molecule has 4 heteroatoms. The van der Waals surface area contributed by atoms with Gasteiger partial charge in [0.15, 0.2) is 0 Å². The van der Waals surface area contributed by atoms with Crippen LogP contribution in [0.2, 0.25) is 0 Å². The second-order valence-electron chi connectivity index (χ2n) is 5.28. The van der Waals surface area contributed by atoms with E-state index >= 15 is 0 Å². The van der Waals surface area contributed by atoms with Crippen LogP contribution < -0.4 is 5.73 Å². The van der Waals surface area contributed by atoms with Crippen molar-refractivity contribution in [2.75, 3.05) is 5.73 Å². The van der Waals surface area contributed by atoms with E-state index in [1.54, 1.807) is 10.9 Å². The Hall–Kier alpha value is -2.88. The van der Waals surface area contributed by atoms with E-state index in [2.05, 4.69) is 47.3 Å². The Morgan fingerprint density at radius 1 is 1.05 bits per heavy atom. The highest BCUT2D eigenvalue weighted by Crippen LogP contribution is 2.23. The van der Waals surface area contributed by atoms with E-state index in [0.29, 0.717) is 5.95 Å². The third-order valence-corrected chi connectivity index (χ3v) is 3.48. The van der Waals surface area contributed by atoms with E-state index in [1.165, 1.54) is 11.1 Å². The van der Waals surface area contributed by atoms with Crippen molar-refractivity contribution in [1.29, 1.82) is 0 Å². The van der Waals surface area contributed by atoms with Crippen LogP contribution in [0.5, 0.6) is 0 Å². The van der Waals surface area contributed by atoms with Gasteiger partial charge in [0.2, 0.25) is 5.95 Å². The maximum Gasteiger partial charge on any atom is 0.221 e. The van der Waals surface area contributed by atoms with Crippen LogP contribution in [-0.2, 0) is 0 Å². The molecule has 0 radical (unpaired) electrons. The summed E-state index contributed by atoms with van der Waals surface area (Å²) in [5, 5.41) is 4.40. The second-order valence-corrected chi connectivity index (χ2v) is 5.28. The fraction of sp³-hybridized carbons (Fsp3) is 0.111. The van der Waals surface area contributed by atoms with E-state index in [0.717, 1.165) is 16.8 Å². The summed E-state index contributed by atoms with van der Waals surface area (Å²) in [7, 11) is 0. The summed E-state index contributed by atoms with van der Waals surface area (Å²) in [5.74, 6) is 0.390.